The molecule has 0 aromatic rings. The van der Waals surface area contributed by atoms with Gasteiger partial charge in [0.15, 0.2) is 0 Å². The summed E-state index contributed by atoms with van der Waals surface area (Å²) >= 11 is 2.02. The van der Waals surface area contributed by atoms with Gasteiger partial charge in [0.25, 0.3) is 0 Å². The van der Waals surface area contributed by atoms with Crippen LogP contribution >= 0.6 is 11.8 Å². The number of carbonyl (C=O) groups excluding carboxylic acids is 1. The molecule has 0 aromatic heterocycles. The second kappa shape index (κ2) is 5.95. The number of hydrogen-bond acceptors (Lipinski definition) is 2. The van der Waals surface area contributed by atoms with Crippen molar-refractivity contribution in [1.29, 1.82) is 0 Å². The van der Waals surface area contributed by atoms with Gasteiger partial charge in [0.2, 0.25) is 5.91 Å². The minimum Gasteiger partial charge on any atom is -0.343 e. The van der Waals surface area contributed by atoms with Crippen molar-refractivity contribution in [3.05, 3.63) is 0 Å². The fourth-order valence-corrected chi connectivity index (χ4v) is 3.76. The van der Waals surface area contributed by atoms with E-state index >= 15 is 0 Å². The predicted molar refractivity (Wildman–Crippen MR) is 69.6 cm³/mol. The average molecular weight is 241 g/mol. The van der Waals surface area contributed by atoms with Crippen molar-refractivity contribution in [3.8, 4) is 0 Å². The van der Waals surface area contributed by atoms with Crippen LogP contribution in [0.1, 0.15) is 39.0 Å². The van der Waals surface area contributed by atoms with E-state index in [1.54, 1.807) is 0 Å². The summed E-state index contributed by atoms with van der Waals surface area (Å²) < 4.78 is 0. The van der Waals surface area contributed by atoms with Gasteiger partial charge in [0.05, 0.1) is 0 Å². The normalized spacial score (nSPS) is 28.1. The van der Waals surface area contributed by atoms with Crippen LogP contribution in [0.2, 0.25) is 0 Å². The molecule has 2 fully saturated rings. The summed E-state index contributed by atoms with van der Waals surface area (Å²) in [5.74, 6) is 4.39. The lowest BCUT2D eigenvalue weighted by molar-refractivity contribution is -0.133. The molecule has 2 heterocycles. The van der Waals surface area contributed by atoms with Gasteiger partial charge in [-0.05, 0) is 49.0 Å². The topological polar surface area (TPSA) is 20.3 Å². The molecule has 0 saturated carbocycles. The number of hydrogen-bond donors (Lipinski definition) is 0. The zero-order valence-electron chi connectivity index (χ0n) is 10.3. The molecule has 2 aliphatic rings. The Morgan fingerprint density at radius 3 is 2.69 bits per heavy atom. The van der Waals surface area contributed by atoms with Crippen molar-refractivity contribution >= 4 is 17.7 Å². The van der Waals surface area contributed by atoms with Gasteiger partial charge in [-0.1, -0.05) is 6.92 Å². The Morgan fingerprint density at radius 2 is 2.06 bits per heavy atom. The Kier molecular flexibility index (Phi) is 4.56. The summed E-state index contributed by atoms with van der Waals surface area (Å²) in [5, 5.41) is 0. The Morgan fingerprint density at radius 1 is 1.31 bits per heavy atom. The van der Waals surface area contributed by atoms with Crippen LogP contribution in [-0.4, -0.2) is 35.4 Å². The van der Waals surface area contributed by atoms with Gasteiger partial charge in [-0.15, -0.1) is 0 Å². The van der Waals surface area contributed by atoms with E-state index in [1.807, 2.05) is 11.8 Å². The van der Waals surface area contributed by atoms with Gasteiger partial charge >= 0.3 is 0 Å². The van der Waals surface area contributed by atoms with Crippen LogP contribution in [0.4, 0.5) is 0 Å². The lowest BCUT2D eigenvalue weighted by atomic mass is 9.97. The monoisotopic (exact) mass is 241 g/mol. The van der Waals surface area contributed by atoms with Crippen molar-refractivity contribution < 1.29 is 4.79 Å². The average Bonchev–Trinajstić information content (AvgIpc) is 2.31. The first-order valence-corrected chi connectivity index (χ1v) is 7.76. The van der Waals surface area contributed by atoms with Gasteiger partial charge in [-0.25, -0.2) is 0 Å². The maximum atomic E-state index is 12.1. The molecule has 1 atom stereocenters. The highest BCUT2D eigenvalue weighted by atomic mass is 32.2. The molecule has 2 saturated heterocycles. The van der Waals surface area contributed by atoms with E-state index in [0.717, 1.165) is 25.4 Å². The van der Waals surface area contributed by atoms with Gasteiger partial charge in [-0.2, -0.15) is 11.8 Å². The molecular formula is C13H23NOS. The zero-order valence-corrected chi connectivity index (χ0v) is 11.1. The molecular weight excluding hydrogens is 218 g/mol. The van der Waals surface area contributed by atoms with E-state index in [9.17, 15) is 4.79 Å². The van der Waals surface area contributed by atoms with Crippen molar-refractivity contribution in [3.63, 3.8) is 0 Å². The van der Waals surface area contributed by atoms with E-state index in [1.165, 1.54) is 37.2 Å². The SMILES string of the molecule is CC1CCN(C(=O)CC2CCCSC2)CC1. The Hall–Kier alpha value is -0.180. The summed E-state index contributed by atoms with van der Waals surface area (Å²) in [5.41, 5.74) is 0. The van der Waals surface area contributed by atoms with Crippen LogP contribution < -0.4 is 0 Å². The second-order valence-electron chi connectivity index (χ2n) is 5.35. The first-order valence-electron chi connectivity index (χ1n) is 6.61. The number of likely N-dealkylation sites (tertiary alicyclic amines) is 1. The zero-order chi connectivity index (χ0) is 11.4. The number of nitrogens with zero attached hydrogens (tertiary/aromatic N) is 1. The van der Waals surface area contributed by atoms with Crippen LogP contribution in [0.15, 0.2) is 0 Å². The molecule has 0 bridgehead atoms. The van der Waals surface area contributed by atoms with E-state index in [4.69, 9.17) is 0 Å². The standard InChI is InChI=1S/C13H23NOS/c1-11-4-6-14(7-5-11)13(15)9-12-3-2-8-16-10-12/h11-12H,2-10H2,1H3. The van der Waals surface area contributed by atoms with Gasteiger partial charge < -0.3 is 4.90 Å². The quantitative estimate of drug-likeness (QED) is 0.741. The third-order valence-electron chi connectivity index (χ3n) is 3.85. The van der Waals surface area contributed by atoms with E-state index < -0.39 is 0 Å². The number of rotatable bonds is 2. The molecule has 0 aromatic carbocycles. The van der Waals surface area contributed by atoms with Crippen molar-refractivity contribution in [2.24, 2.45) is 11.8 Å². The molecule has 2 rings (SSSR count). The largest absolute Gasteiger partial charge is 0.343 e. The van der Waals surface area contributed by atoms with Crippen LogP contribution in [0.5, 0.6) is 0 Å². The third kappa shape index (κ3) is 3.41. The molecule has 1 unspecified atom stereocenters. The van der Waals surface area contributed by atoms with E-state index in [2.05, 4.69) is 11.8 Å². The second-order valence-corrected chi connectivity index (χ2v) is 6.50. The fraction of sp³-hybridized carbons (Fsp3) is 0.923. The van der Waals surface area contributed by atoms with Crippen LogP contribution in [-0.2, 0) is 4.79 Å². The maximum absolute atomic E-state index is 12.1. The van der Waals surface area contributed by atoms with Crippen molar-refractivity contribution in [2.45, 2.75) is 39.0 Å². The molecule has 2 nitrogen and oxygen atoms in total. The van der Waals surface area contributed by atoms with Gasteiger partial charge in [-0.3, -0.25) is 4.79 Å². The number of thioether (sulfide) groups is 1. The van der Waals surface area contributed by atoms with Crippen molar-refractivity contribution in [1.82, 2.24) is 4.90 Å². The molecule has 0 radical (unpaired) electrons. The first-order chi connectivity index (χ1) is 7.75. The summed E-state index contributed by atoms with van der Waals surface area (Å²) in [6, 6.07) is 0. The minimum atomic E-state index is 0.416. The van der Waals surface area contributed by atoms with Crippen LogP contribution in [0.3, 0.4) is 0 Å². The lowest BCUT2D eigenvalue weighted by Crippen LogP contribution is -2.39. The highest BCUT2D eigenvalue weighted by Crippen LogP contribution is 2.26. The maximum Gasteiger partial charge on any atom is 0.222 e. The molecule has 92 valence electrons. The summed E-state index contributed by atoms with van der Waals surface area (Å²) in [6.07, 6.45) is 5.78. The number of amides is 1. The highest BCUT2D eigenvalue weighted by molar-refractivity contribution is 7.99. The molecule has 0 aliphatic carbocycles. The molecule has 1 amide bonds. The van der Waals surface area contributed by atoms with Gasteiger partial charge in [0.1, 0.15) is 0 Å². The van der Waals surface area contributed by atoms with Crippen molar-refractivity contribution in [2.75, 3.05) is 24.6 Å². The summed E-state index contributed by atoms with van der Waals surface area (Å²) in [4.78, 5) is 14.2. The highest BCUT2D eigenvalue weighted by Gasteiger charge is 2.23. The minimum absolute atomic E-state index is 0.416. The van der Waals surface area contributed by atoms with E-state index in [-0.39, 0.29) is 0 Å². The molecule has 0 N–H and O–H groups in total. The Bertz CT molecular complexity index is 230. The molecule has 2 aliphatic heterocycles. The van der Waals surface area contributed by atoms with Crippen LogP contribution in [0, 0.1) is 11.8 Å². The smallest absolute Gasteiger partial charge is 0.222 e. The summed E-state index contributed by atoms with van der Waals surface area (Å²) in [7, 11) is 0. The Balaban J connectivity index is 1.74. The molecule has 16 heavy (non-hydrogen) atoms. The first kappa shape index (κ1) is 12.3. The predicted octanol–water partition coefficient (Wildman–Crippen LogP) is 2.78. The molecule has 3 heteroatoms. The number of piperidine rings is 1. The lowest BCUT2D eigenvalue weighted by Gasteiger charge is -2.32. The third-order valence-corrected chi connectivity index (χ3v) is 5.14. The molecule has 0 spiro atoms. The fourth-order valence-electron chi connectivity index (χ4n) is 2.60. The number of carbonyl (C=O) groups is 1. The van der Waals surface area contributed by atoms with Crippen LogP contribution in [0.25, 0.3) is 0 Å². The summed E-state index contributed by atoms with van der Waals surface area (Å²) in [6.45, 7) is 4.29. The van der Waals surface area contributed by atoms with E-state index in [0.29, 0.717) is 11.8 Å². The Labute approximate surface area is 103 Å². The van der Waals surface area contributed by atoms with Gasteiger partial charge in [0, 0.05) is 19.5 Å².